The molecule has 3 heterocycles. The third-order valence-electron chi connectivity index (χ3n) is 5.10. The number of hydrogen-bond acceptors (Lipinski definition) is 8. The lowest BCUT2D eigenvalue weighted by Gasteiger charge is -2.19. The molecule has 0 bridgehead atoms. The molecule has 3 aromatic heterocycles. The van der Waals surface area contributed by atoms with E-state index in [1.54, 1.807) is 10.7 Å². The summed E-state index contributed by atoms with van der Waals surface area (Å²) in [4.78, 5) is 24.0. The molecule has 0 spiro atoms. The highest BCUT2D eigenvalue weighted by Gasteiger charge is 2.21. The Balaban J connectivity index is 1.76. The molecule has 4 rings (SSSR count). The zero-order valence-electron chi connectivity index (χ0n) is 19.8. The van der Waals surface area contributed by atoms with E-state index in [4.69, 9.17) is 9.84 Å². The van der Waals surface area contributed by atoms with Gasteiger partial charge in [0.2, 0.25) is 0 Å². The summed E-state index contributed by atoms with van der Waals surface area (Å²) < 4.78 is 37.2. The maximum Gasteiger partial charge on any atom is 0.413 e. The molecule has 0 aliphatic carbocycles. The number of H-pyrrole nitrogens is 1. The van der Waals surface area contributed by atoms with Crippen LogP contribution in [0.15, 0.2) is 30.6 Å². The molecule has 1 aromatic carbocycles. The van der Waals surface area contributed by atoms with Crippen LogP contribution in [0.4, 0.5) is 13.6 Å². The quantitative estimate of drug-likeness (QED) is 0.286. The number of nitrogens with zero attached hydrogens (tertiary/aromatic N) is 4. The monoisotopic (exact) mass is 504 g/mol. The molecule has 36 heavy (non-hydrogen) atoms. The molecule has 0 aliphatic rings. The van der Waals surface area contributed by atoms with E-state index in [0.717, 1.165) is 0 Å². The third kappa shape index (κ3) is 5.69. The molecule has 0 fully saturated rings. The molecule has 192 valence electrons. The zero-order chi connectivity index (χ0) is 26.0. The standard InChI is InChI=1S/C23H26F2N6O5/c1-23(2,3)29-22(34)36-17-10-27-20-19(17)28-15(9-26-20)18-14-8-13(35-21(24)25)4-5-16(14)31(30-18)7-6-12(33)11-32/h4-5,8-10,12,21,32-33H,6-7,11H2,1-3H3,(H,26,27)(H,29,34). The summed E-state index contributed by atoms with van der Waals surface area (Å²) in [5.74, 6) is 0.0878. The molecule has 0 radical (unpaired) electrons. The lowest BCUT2D eigenvalue weighted by Crippen LogP contribution is -2.42. The predicted octanol–water partition coefficient (Wildman–Crippen LogP) is 3.21. The number of hydrogen-bond donors (Lipinski definition) is 4. The topological polar surface area (TPSA) is 147 Å². The molecule has 4 N–H and O–H groups in total. The first-order chi connectivity index (χ1) is 17.0. The van der Waals surface area contributed by atoms with Gasteiger partial charge in [0.1, 0.15) is 17.1 Å². The van der Waals surface area contributed by atoms with Crippen LogP contribution in [0.2, 0.25) is 0 Å². The molecule has 4 aromatic rings. The van der Waals surface area contributed by atoms with Crippen molar-refractivity contribution in [2.75, 3.05) is 6.61 Å². The first kappa shape index (κ1) is 25.3. The number of nitrogens with one attached hydrogen (secondary N) is 2. The molecule has 13 heteroatoms. The number of ether oxygens (including phenoxy) is 2. The Bertz CT molecular complexity index is 1380. The first-order valence-electron chi connectivity index (χ1n) is 11.1. The predicted molar refractivity (Wildman–Crippen MR) is 126 cm³/mol. The zero-order valence-corrected chi connectivity index (χ0v) is 19.8. The molecule has 0 saturated heterocycles. The van der Waals surface area contributed by atoms with Crippen molar-refractivity contribution in [3.63, 3.8) is 0 Å². The Kier molecular flexibility index (Phi) is 7.04. The Morgan fingerprint density at radius 3 is 2.78 bits per heavy atom. The van der Waals surface area contributed by atoms with Gasteiger partial charge < -0.3 is 30.0 Å². The van der Waals surface area contributed by atoms with E-state index in [9.17, 15) is 18.7 Å². The van der Waals surface area contributed by atoms with E-state index >= 15 is 0 Å². The number of benzene rings is 1. The largest absolute Gasteiger partial charge is 0.435 e. The summed E-state index contributed by atoms with van der Waals surface area (Å²) in [6.07, 6.45) is 1.52. The maximum atomic E-state index is 12.8. The fourth-order valence-corrected chi connectivity index (χ4v) is 3.55. The number of aliphatic hydroxyl groups excluding tert-OH is 2. The average molecular weight is 504 g/mol. The maximum absolute atomic E-state index is 12.8. The SMILES string of the molecule is CC(C)(C)NC(=O)Oc1c[nH]c2ncc(-c3nn(CCC(O)CO)c4ccc(OC(F)F)cc34)nc12. The number of rotatable bonds is 8. The van der Waals surface area contributed by atoms with Crippen molar-refractivity contribution < 1.29 is 33.3 Å². The highest BCUT2D eigenvalue weighted by atomic mass is 19.3. The van der Waals surface area contributed by atoms with Crippen molar-refractivity contribution in [2.45, 2.75) is 52.0 Å². The van der Waals surface area contributed by atoms with Crippen molar-refractivity contribution >= 4 is 28.2 Å². The summed E-state index contributed by atoms with van der Waals surface area (Å²) in [6, 6.07) is 4.38. The van der Waals surface area contributed by atoms with Crippen molar-refractivity contribution in [3.05, 3.63) is 30.6 Å². The number of alkyl halides is 2. The second kappa shape index (κ2) is 10.0. The Morgan fingerprint density at radius 2 is 2.08 bits per heavy atom. The van der Waals surface area contributed by atoms with Crippen LogP contribution in [0.25, 0.3) is 33.5 Å². The number of aromatic nitrogens is 5. The summed E-state index contributed by atoms with van der Waals surface area (Å²) in [5.41, 5.74) is 1.33. The smallest absolute Gasteiger partial charge is 0.413 e. The van der Waals surface area contributed by atoms with Gasteiger partial charge in [-0.1, -0.05) is 0 Å². The van der Waals surface area contributed by atoms with Gasteiger partial charge in [-0.15, -0.1) is 0 Å². The highest BCUT2D eigenvalue weighted by molar-refractivity contribution is 5.94. The Labute approximate surface area is 204 Å². The van der Waals surface area contributed by atoms with E-state index in [-0.39, 0.29) is 30.0 Å². The van der Waals surface area contributed by atoms with Gasteiger partial charge in [-0.3, -0.25) is 4.68 Å². The Hall–Kier alpha value is -3.84. The second-order valence-electron chi connectivity index (χ2n) is 9.12. The van der Waals surface area contributed by atoms with Crippen molar-refractivity contribution in [2.24, 2.45) is 0 Å². The molecule has 0 saturated carbocycles. The van der Waals surface area contributed by atoms with Gasteiger partial charge in [0.15, 0.2) is 16.9 Å². The number of amides is 1. The van der Waals surface area contributed by atoms with E-state index in [1.807, 2.05) is 20.8 Å². The van der Waals surface area contributed by atoms with Gasteiger partial charge in [0.25, 0.3) is 0 Å². The van der Waals surface area contributed by atoms with Crippen LogP contribution in [-0.2, 0) is 6.54 Å². The van der Waals surface area contributed by atoms with Crippen LogP contribution in [0, 0.1) is 0 Å². The fourth-order valence-electron chi connectivity index (χ4n) is 3.55. The van der Waals surface area contributed by atoms with Crippen LogP contribution in [-0.4, -0.2) is 65.9 Å². The summed E-state index contributed by atoms with van der Waals surface area (Å²) >= 11 is 0. The van der Waals surface area contributed by atoms with Gasteiger partial charge in [0.05, 0.1) is 24.4 Å². The van der Waals surface area contributed by atoms with Crippen molar-refractivity contribution in [3.8, 4) is 22.9 Å². The lowest BCUT2D eigenvalue weighted by molar-refractivity contribution is -0.0497. The molecular weight excluding hydrogens is 478 g/mol. The molecule has 1 amide bonds. The Morgan fingerprint density at radius 1 is 1.31 bits per heavy atom. The molecule has 0 aliphatic heterocycles. The van der Waals surface area contributed by atoms with Gasteiger partial charge in [-0.25, -0.2) is 14.8 Å². The van der Waals surface area contributed by atoms with Gasteiger partial charge in [-0.05, 0) is 45.4 Å². The van der Waals surface area contributed by atoms with Gasteiger partial charge >= 0.3 is 12.7 Å². The summed E-state index contributed by atoms with van der Waals surface area (Å²) in [5, 5.41) is 26.6. The first-order valence-corrected chi connectivity index (χ1v) is 11.1. The molecular formula is C23H26F2N6O5. The van der Waals surface area contributed by atoms with Gasteiger partial charge in [-0.2, -0.15) is 13.9 Å². The normalized spacial score (nSPS) is 12.9. The van der Waals surface area contributed by atoms with Crippen LogP contribution >= 0.6 is 0 Å². The average Bonchev–Trinajstić information content (AvgIpc) is 3.36. The van der Waals surface area contributed by atoms with E-state index < -0.39 is 31.0 Å². The summed E-state index contributed by atoms with van der Waals surface area (Å²) in [7, 11) is 0. The minimum atomic E-state index is -3.00. The van der Waals surface area contributed by atoms with Crippen molar-refractivity contribution in [1.29, 1.82) is 0 Å². The number of halogens is 2. The lowest BCUT2D eigenvalue weighted by atomic mass is 10.1. The van der Waals surface area contributed by atoms with Gasteiger partial charge in [0, 0.05) is 23.7 Å². The van der Waals surface area contributed by atoms with E-state index in [1.165, 1.54) is 24.5 Å². The van der Waals surface area contributed by atoms with Crippen LogP contribution in [0.3, 0.4) is 0 Å². The number of aliphatic hydroxyl groups is 2. The minimum absolute atomic E-state index is 0.0627. The summed E-state index contributed by atoms with van der Waals surface area (Å²) in [6.45, 7) is 2.28. The van der Waals surface area contributed by atoms with E-state index in [2.05, 4.69) is 30.1 Å². The third-order valence-corrected chi connectivity index (χ3v) is 5.10. The van der Waals surface area contributed by atoms with Crippen LogP contribution < -0.4 is 14.8 Å². The van der Waals surface area contributed by atoms with Crippen molar-refractivity contribution in [1.82, 2.24) is 30.0 Å². The fraction of sp³-hybridized carbons (Fsp3) is 0.391. The molecule has 1 atom stereocenters. The minimum Gasteiger partial charge on any atom is -0.435 e. The molecule has 11 nitrogen and oxygen atoms in total. The molecule has 1 unspecified atom stereocenters. The highest BCUT2D eigenvalue weighted by Crippen LogP contribution is 2.32. The van der Waals surface area contributed by atoms with Crippen LogP contribution in [0.5, 0.6) is 11.5 Å². The number of aryl methyl sites for hydroxylation is 1. The van der Waals surface area contributed by atoms with E-state index in [0.29, 0.717) is 27.9 Å². The van der Waals surface area contributed by atoms with Crippen LogP contribution in [0.1, 0.15) is 27.2 Å². The number of aromatic amines is 1. The number of carbonyl (C=O) groups excluding carboxylic acids is 1. The second-order valence-corrected chi connectivity index (χ2v) is 9.12. The number of carbonyl (C=O) groups is 1. The number of fused-ring (bicyclic) bond motifs is 2.